The summed E-state index contributed by atoms with van der Waals surface area (Å²) >= 11 is 5.34. The average Bonchev–Trinajstić information content (AvgIpc) is 2.40. The number of hydrogen-bond acceptors (Lipinski definition) is 3. The molecule has 1 heterocycles. The Morgan fingerprint density at radius 3 is 2.28 bits per heavy atom. The first-order valence-electron chi connectivity index (χ1n) is 5.82. The minimum absolute atomic E-state index is 0.308. The second-order valence-electron chi connectivity index (χ2n) is 4.02. The van der Waals surface area contributed by atoms with Crippen molar-refractivity contribution in [3.8, 4) is 11.4 Å². The van der Waals surface area contributed by atoms with Crippen molar-refractivity contribution >= 4 is 16.8 Å². The van der Waals surface area contributed by atoms with Crippen molar-refractivity contribution in [2.45, 2.75) is 19.8 Å². The molecule has 0 aliphatic rings. The molecule has 18 heavy (non-hydrogen) atoms. The second-order valence-corrected chi connectivity index (χ2v) is 4.36. The number of aromatic nitrogens is 2. The number of rotatable bonds is 4. The zero-order chi connectivity index (χ0) is 13.0. The number of halogens is 1. The first-order chi connectivity index (χ1) is 8.70. The van der Waals surface area contributed by atoms with Crippen molar-refractivity contribution in [2.24, 2.45) is 0 Å². The van der Waals surface area contributed by atoms with Crippen LogP contribution in [0.2, 0.25) is 0 Å². The van der Waals surface area contributed by atoms with Gasteiger partial charge in [0.1, 0.15) is 0 Å². The third-order valence-corrected chi connectivity index (χ3v) is 2.85. The van der Waals surface area contributed by atoms with Crippen LogP contribution >= 0.6 is 11.6 Å². The summed E-state index contributed by atoms with van der Waals surface area (Å²) in [6.45, 7) is 2.15. The Morgan fingerprint density at radius 2 is 1.78 bits per heavy atom. The number of nitrogens with zero attached hydrogens (tertiary/aromatic N) is 2. The van der Waals surface area contributed by atoms with Crippen molar-refractivity contribution in [1.82, 2.24) is 9.97 Å². The highest BCUT2D eigenvalue weighted by Crippen LogP contribution is 2.16. The molecule has 92 valence electrons. The van der Waals surface area contributed by atoms with E-state index in [0.717, 1.165) is 18.4 Å². The lowest BCUT2D eigenvalue weighted by atomic mass is 10.1. The molecule has 4 heteroatoms. The monoisotopic (exact) mass is 260 g/mol. The van der Waals surface area contributed by atoms with Crippen LogP contribution in [0.3, 0.4) is 0 Å². The van der Waals surface area contributed by atoms with Gasteiger partial charge in [0.15, 0.2) is 5.82 Å². The number of carbonyl (C=O) groups excluding carboxylic acids is 1. The third kappa shape index (κ3) is 2.93. The summed E-state index contributed by atoms with van der Waals surface area (Å²) in [5, 5.41) is -0.542. The van der Waals surface area contributed by atoms with E-state index in [1.54, 1.807) is 0 Å². The number of carbonyl (C=O) groups is 1. The van der Waals surface area contributed by atoms with Gasteiger partial charge >= 0.3 is 0 Å². The Bertz CT molecular complexity index is 535. The van der Waals surface area contributed by atoms with Gasteiger partial charge in [-0.25, -0.2) is 9.97 Å². The van der Waals surface area contributed by atoms with Gasteiger partial charge in [0.05, 0.1) is 5.56 Å². The van der Waals surface area contributed by atoms with Gasteiger partial charge in [0, 0.05) is 18.0 Å². The SMILES string of the molecule is CCCc1ccc(-c2ncc(C(=O)Cl)cn2)cc1. The zero-order valence-electron chi connectivity index (χ0n) is 10.1. The van der Waals surface area contributed by atoms with E-state index in [1.165, 1.54) is 18.0 Å². The molecule has 0 aliphatic carbocycles. The highest BCUT2D eigenvalue weighted by atomic mass is 35.5. The van der Waals surface area contributed by atoms with Crippen LogP contribution in [0.1, 0.15) is 29.3 Å². The predicted molar refractivity (Wildman–Crippen MR) is 71.6 cm³/mol. The summed E-state index contributed by atoms with van der Waals surface area (Å²) in [7, 11) is 0. The highest BCUT2D eigenvalue weighted by Gasteiger charge is 2.05. The molecular formula is C14H13ClN2O. The molecule has 0 radical (unpaired) electrons. The van der Waals surface area contributed by atoms with Crippen molar-refractivity contribution in [3.05, 3.63) is 47.8 Å². The van der Waals surface area contributed by atoms with E-state index in [2.05, 4.69) is 29.0 Å². The molecule has 0 saturated heterocycles. The normalized spacial score (nSPS) is 10.3. The number of aryl methyl sites for hydroxylation is 1. The number of hydrogen-bond donors (Lipinski definition) is 0. The molecule has 1 aromatic carbocycles. The average molecular weight is 261 g/mol. The first-order valence-corrected chi connectivity index (χ1v) is 6.19. The maximum atomic E-state index is 10.9. The third-order valence-electron chi connectivity index (χ3n) is 2.63. The van der Waals surface area contributed by atoms with E-state index in [9.17, 15) is 4.79 Å². The predicted octanol–water partition coefficient (Wildman–Crippen LogP) is 3.48. The van der Waals surface area contributed by atoms with Gasteiger partial charge in [-0.05, 0) is 23.6 Å². The summed E-state index contributed by atoms with van der Waals surface area (Å²) in [6.07, 6.45) is 5.08. The Kier molecular flexibility index (Phi) is 4.05. The Balaban J connectivity index is 2.23. The molecule has 2 rings (SSSR count). The van der Waals surface area contributed by atoms with Gasteiger partial charge in [-0.3, -0.25) is 4.79 Å². The molecule has 2 aromatic rings. The highest BCUT2D eigenvalue weighted by molar-refractivity contribution is 6.67. The first kappa shape index (κ1) is 12.7. The second kappa shape index (κ2) is 5.74. The largest absolute Gasteiger partial charge is 0.275 e. The van der Waals surface area contributed by atoms with Crippen LogP contribution in [0.5, 0.6) is 0 Å². The quantitative estimate of drug-likeness (QED) is 0.791. The molecule has 0 aliphatic heterocycles. The van der Waals surface area contributed by atoms with Gasteiger partial charge in [-0.15, -0.1) is 0 Å². The Morgan fingerprint density at radius 1 is 1.17 bits per heavy atom. The van der Waals surface area contributed by atoms with Gasteiger partial charge < -0.3 is 0 Å². The molecule has 0 N–H and O–H groups in total. The molecule has 0 fully saturated rings. The fourth-order valence-electron chi connectivity index (χ4n) is 1.69. The van der Waals surface area contributed by atoms with Crippen LogP contribution in [0.15, 0.2) is 36.7 Å². The molecular weight excluding hydrogens is 248 g/mol. The molecule has 0 atom stereocenters. The summed E-state index contributed by atoms with van der Waals surface area (Å²) in [6, 6.07) is 8.12. The molecule has 3 nitrogen and oxygen atoms in total. The lowest BCUT2D eigenvalue weighted by molar-refractivity contribution is 0.108. The van der Waals surface area contributed by atoms with Gasteiger partial charge in [0.2, 0.25) is 0 Å². The number of benzene rings is 1. The zero-order valence-corrected chi connectivity index (χ0v) is 10.8. The molecule has 0 spiro atoms. The Hall–Kier alpha value is -1.74. The minimum Gasteiger partial charge on any atom is -0.275 e. The smallest absolute Gasteiger partial charge is 0.255 e. The summed E-state index contributed by atoms with van der Waals surface area (Å²) in [5.74, 6) is 0.597. The standard InChI is InChI=1S/C14H13ClN2O/c1-2-3-10-4-6-11(7-5-10)14-16-8-12(9-17-14)13(15)18/h4-9H,2-3H2,1H3. The van der Waals surface area contributed by atoms with Crippen LogP contribution in [0.4, 0.5) is 0 Å². The van der Waals surface area contributed by atoms with Crippen molar-refractivity contribution in [2.75, 3.05) is 0 Å². The van der Waals surface area contributed by atoms with E-state index in [1.807, 2.05) is 12.1 Å². The maximum absolute atomic E-state index is 10.9. The van der Waals surface area contributed by atoms with Crippen molar-refractivity contribution < 1.29 is 4.79 Å². The van der Waals surface area contributed by atoms with Crippen LogP contribution in [0, 0.1) is 0 Å². The van der Waals surface area contributed by atoms with E-state index >= 15 is 0 Å². The fraction of sp³-hybridized carbons (Fsp3) is 0.214. The van der Waals surface area contributed by atoms with Crippen molar-refractivity contribution in [3.63, 3.8) is 0 Å². The molecule has 1 aromatic heterocycles. The lowest BCUT2D eigenvalue weighted by Crippen LogP contribution is -1.95. The van der Waals surface area contributed by atoms with Crippen LogP contribution < -0.4 is 0 Å². The molecule has 0 bridgehead atoms. The Labute approximate surface area is 111 Å². The van der Waals surface area contributed by atoms with E-state index in [4.69, 9.17) is 11.6 Å². The molecule has 0 amide bonds. The minimum atomic E-state index is -0.542. The topological polar surface area (TPSA) is 42.9 Å². The van der Waals surface area contributed by atoms with E-state index in [0.29, 0.717) is 11.4 Å². The fourth-order valence-corrected chi connectivity index (χ4v) is 1.79. The van der Waals surface area contributed by atoms with Crippen LogP contribution in [-0.2, 0) is 6.42 Å². The van der Waals surface area contributed by atoms with Crippen LogP contribution in [-0.4, -0.2) is 15.2 Å². The molecule has 0 saturated carbocycles. The van der Waals surface area contributed by atoms with Gasteiger partial charge in [-0.2, -0.15) is 0 Å². The van der Waals surface area contributed by atoms with Gasteiger partial charge in [0.25, 0.3) is 5.24 Å². The van der Waals surface area contributed by atoms with Gasteiger partial charge in [-0.1, -0.05) is 37.6 Å². The van der Waals surface area contributed by atoms with Crippen molar-refractivity contribution in [1.29, 1.82) is 0 Å². The summed E-state index contributed by atoms with van der Waals surface area (Å²) in [4.78, 5) is 19.2. The van der Waals surface area contributed by atoms with E-state index < -0.39 is 5.24 Å². The summed E-state index contributed by atoms with van der Waals surface area (Å²) in [5.41, 5.74) is 2.54. The summed E-state index contributed by atoms with van der Waals surface area (Å²) < 4.78 is 0. The molecule has 0 unspecified atom stereocenters. The van der Waals surface area contributed by atoms with E-state index in [-0.39, 0.29) is 0 Å². The maximum Gasteiger partial charge on any atom is 0.255 e. The lowest BCUT2D eigenvalue weighted by Gasteiger charge is -2.02. The van der Waals surface area contributed by atoms with Crippen LogP contribution in [0.25, 0.3) is 11.4 Å².